The fourth-order valence-electron chi connectivity index (χ4n) is 2.60. The fraction of sp³-hybridized carbons (Fsp3) is 0.467. The molecule has 0 unspecified atom stereocenters. The molecule has 1 N–H and O–H groups in total. The molecule has 0 spiro atoms. The van der Waals surface area contributed by atoms with Crippen LogP contribution >= 0.6 is 11.6 Å². The van der Waals surface area contributed by atoms with Crippen LogP contribution in [-0.2, 0) is 4.79 Å². The zero-order valence-corrected chi connectivity index (χ0v) is 11.8. The van der Waals surface area contributed by atoms with Crippen molar-refractivity contribution in [1.82, 2.24) is 0 Å². The third-order valence-electron chi connectivity index (χ3n) is 3.73. The number of halogens is 2. The van der Waals surface area contributed by atoms with Gasteiger partial charge in [0.1, 0.15) is 11.2 Å². The topological polar surface area (TPSA) is 52.9 Å². The lowest BCUT2D eigenvalue weighted by Crippen LogP contribution is -2.34. The van der Waals surface area contributed by atoms with Crippen molar-refractivity contribution in [3.05, 3.63) is 29.0 Å². The minimum atomic E-state index is -1.00. The second-order valence-electron chi connectivity index (χ2n) is 5.22. The van der Waals surface area contributed by atoms with Gasteiger partial charge in [0.15, 0.2) is 0 Å². The quantitative estimate of drug-likeness (QED) is 0.828. The summed E-state index contributed by atoms with van der Waals surface area (Å²) < 4.78 is 13.3. The van der Waals surface area contributed by atoms with Gasteiger partial charge in [-0.15, -0.1) is 0 Å². The summed E-state index contributed by atoms with van der Waals surface area (Å²) in [5, 5.41) is 12.3. The first-order chi connectivity index (χ1) is 9.55. The Morgan fingerprint density at radius 1 is 1.25 bits per heavy atom. The molecule has 20 heavy (non-hydrogen) atoms. The van der Waals surface area contributed by atoms with Gasteiger partial charge in [-0.05, 0) is 31.0 Å². The number of amides is 1. The minimum Gasteiger partial charge on any atom is -0.325 e. The molecule has 106 valence electrons. The van der Waals surface area contributed by atoms with E-state index in [1.54, 1.807) is 0 Å². The maximum Gasteiger partial charge on any atom is 0.244 e. The summed E-state index contributed by atoms with van der Waals surface area (Å²) in [6.07, 6.45) is 4.93. The van der Waals surface area contributed by atoms with Crippen LogP contribution in [0.5, 0.6) is 0 Å². The zero-order valence-electron chi connectivity index (χ0n) is 11.1. The summed E-state index contributed by atoms with van der Waals surface area (Å²) >= 11 is 5.76. The molecule has 0 heterocycles. The highest BCUT2D eigenvalue weighted by atomic mass is 35.5. The maximum absolute atomic E-state index is 13.3. The minimum absolute atomic E-state index is 0.215. The number of anilines is 1. The Hall–Kier alpha value is -1.60. The van der Waals surface area contributed by atoms with Crippen LogP contribution in [0.4, 0.5) is 10.1 Å². The molecule has 5 heteroatoms. The summed E-state index contributed by atoms with van der Waals surface area (Å²) in [6, 6.07) is 6.01. The molecule has 2 rings (SSSR count). The van der Waals surface area contributed by atoms with Gasteiger partial charge < -0.3 is 5.32 Å². The Balaban J connectivity index is 2.19. The van der Waals surface area contributed by atoms with E-state index in [0.29, 0.717) is 18.5 Å². The van der Waals surface area contributed by atoms with E-state index in [4.69, 9.17) is 11.6 Å². The van der Waals surface area contributed by atoms with Gasteiger partial charge in [-0.3, -0.25) is 4.79 Å². The highest BCUT2D eigenvalue weighted by Crippen LogP contribution is 2.35. The van der Waals surface area contributed by atoms with Crippen molar-refractivity contribution in [2.45, 2.75) is 38.5 Å². The molecule has 0 aliphatic heterocycles. The molecule has 0 saturated heterocycles. The number of nitrogens with one attached hydrogen (secondary N) is 1. The van der Waals surface area contributed by atoms with Crippen LogP contribution in [0.1, 0.15) is 38.5 Å². The van der Waals surface area contributed by atoms with Crippen molar-refractivity contribution >= 4 is 23.2 Å². The monoisotopic (exact) mass is 294 g/mol. The van der Waals surface area contributed by atoms with E-state index in [1.165, 1.54) is 18.2 Å². The molecule has 0 bridgehead atoms. The van der Waals surface area contributed by atoms with Crippen LogP contribution in [0, 0.1) is 22.6 Å². The number of hydrogen-bond donors (Lipinski definition) is 1. The highest BCUT2D eigenvalue weighted by Gasteiger charge is 2.38. The lowest BCUT2D eigenvalue weighted by atomic mass is 9.81. The average Bonchev–Trinajstić information content (AvgIpc) is 2.63. The first kappa shape index (κ1) is 14.8. The number of carbonyl (C=O) groups is 1. The van der Waals surface area contributed by atoms with E-state index >= 15 is 0 Å². The van der Waals surface area contributed by atoms with Gasteiger partial charge in [-0.1, -0.05) is 37.3 Å². The van der Waals surface area contributed by atoms with Crippen LogP contribution in [0.25, 0.3) is 0 Å². The average molecular weight is 295 g/mol. The molecule has 1 amide bonds. The summed E-state index contributed by atoms with van der Waals surface area (Å²) in [7, 11) is 0. The number of nitrogens with zero attached hydrogens (tertiary/aromatic N) is 1. The first-order valence-electron chi connectivity index (χ1n) is 6.74. The van der Waals surface area contributed by atoms with Gasteiger partial charge in [0.2, 0.25) is 5.91 Å². The summed E-state index contributed by atoms with van der Waals surface area (Å²) in [6.45, 7) is 0. The molecule has 1 fully saturated rings. The molecule has 0 atom stereocenters. The molecule has 0 radical (unpaired) electrons. The Bertz CT molecular complexity index is 525. The van der Waals surface area contributed by atoms with Gasteiger partial charge >= 0.3 is 0 Å². The largest absolute Gasteiger partial charge is 0.325 e. The summed E-state index contributed by atoms with van der Waals surface area (Å²) in [4.78, 5) is 12.4. The third kappa shape index (κ3) is 3.29. The predicted molar refractivity (Wildman–Crippen MR) is 75.8 cm³/mol. The Kier molecular flexibility index (Phi) is 4.61. The third-order valence-corrected chi connectivity index (χ3v) is 3.94. The van der Waals surface area contributed by atoms with Gasteiger partial charge in [0, 0.05) is 10.7 Å². The Morgan fingerprint density at radius 2 is 1.90 bits per heavy atom. The molecular weight excluding hydrogens is 279 g/mol. The molecular formula is C15H16ClFN2O. The molecule has 1 aromatic carbocycles. The second kappa shape index (κ2) is 6.23. The summed E-state index contributed by atoms with van der Waals surface area (Å²) in [5.74, 6) is -0.872. The lowest BCUT2D eigenvalue weighted by molar-refractivity contribution is -0.123. The van der Waals surface area contributed by atoms with Crippen molar-refractivity contribution in [1.29, 1.82) is 5.26 Å². The van der Waals surface area contributed by atoms with Gasteiger partial charge in [0.25, 0.3) is 0 Å². The molecule has 1 aliphatic rings. The van der Waals surface area contributed by atoms with Crippen LogP contribution in [0.3, 0.4) is 0 Å². The van der Waals surface area contributed by atoms with Gasteiger partial charge in [-0.2, -0.15) is 5.26 Å². The number of nitriles is 1. The summed E-state index contributed by atoms with van der Waals surface area (Å²) in [5.41, 5.74) is -0.714. The van der Waals surface area contributed by atoms with Crippen molar-refractivity contribution in [3.63, 3.8) is 0 Å². The number of hydrogen-bond acceptors (Lipinski definition) is 2. The smallest absolute Gasteiger partial charge is 0.244 e. The van der Waals surface area contributed by atoms with E-state index < -0.39 is 11.2 Å². The number of carbonyl (C=O) groups excluding carboxylic acids is 1. The van der Waals surface area contributed by atoms with E-state index in [1.807, 2.05) is 0 Å². The molecule has 1 aromatic rings. The molecule has 1 aliphatic carbocycles. The van der Waals surface area contributed by atoms with Crippen molar-refractivity contribution in [3.8, 4) is 6.07 Å². The van der Waals surface area contributed by atoms with Crippen LogP contribution in [0.15, 0.2) is 18.2 Å². The van der Waals surface area contributed by atoms with Crippen molar-refractivity contribution < 1.29 is 9.18 Å². The van der Waals surface area contributed by atoms with Crippen molar-refractivity contribution in [2.24, 2.45) is 5.41 Å². The Morgan fingerprint density at radius 3 is 2.45 bits per heavy atom. The van der Waals surface area contributed by atoms with Crippen LogP contribution in [-0.4, -0.2) is 5.91 Å². The van der Waals surface area contributed by atoms with E-state index in [0.717, 1.165) is 25.7 Å². The molecule has 0 aromatic heterocycles. The normalized spacial score (nSPS) is 17.9. The predicted octanol–water partition coefficient (Wildman–Crippen LogP) is 4.28. The second-order valence-corrected chi connectivity index (χ2v) is 5.66. The van der Waals surface area contributed by atoms with Crippen LogP contribution < -0.4 is 5.32 Å². The fourth-order valence-corrected chi connectivity index (χ4v) is 2.82. The lowest BCUT2D eigenvalue weighted by Gasteiger charge is -2.23. The maximum atomic E-state index is 13.3. The van der Waals surface area contributed by atoms with Crippen LogP contribution in [0.2, 0.25) is 5.02 Å². The van der Waals surface area contributed by atoms with Gasteiger partial charge in [-0.25, -0.2) is 4.39 Å². The van der Waals surface area contributed by atoms with E-state index in [-0.39, 0.29) is 10.9 Å². The van der Waals surface area contributed by atoms with Gasteiger partial charge in [0.05, 0.1) is 6.07 Å². The Labute approximate surface area is 122 Å². The standard InChI is InChI=1S/C15H16ClFN2O/c16-11-7-12(17)9-13(8-11)19-14(20)15(10-18)5-3-1-2-4-6-15/h7-9H,1-6H2,(H,19,20). The van der Waals surface area contributed by atoms with E-state index in [9.17, 15) is 14.4 Å². The molecule has 1 saturated carbocycles. The van der Waals surface area contributed by atoms with E-state index in [2.05, 4.69) is 11.4 Å². The number of rotatable bonds is 2. The SMILES string of the molecule is N#CC1(C(=O)Nc2cc(F)cc(Cl)c2)CCCCCC1. The van der Waals surface area contributed by atoms with Crippen molar-refractivity contribution in [2.75, 3.05) is 5.32 Å². The number of benzene rings is 1. The highest BCUT2D eigenvalue weighted by molar-refractivity contribution is 6.30. The first-order valence-corrected chi connectivity index (χ1v) is 7.12. The molecule has 3 nitrogen and oxygen atoms in total. The zero-order chi connectivity index (χ0) is 14.6.